The molecule has 1 N–H and O–H groups in total. The molecule has 1 fully saturated rings. The third kappa shape index (κ3) is 6.46. The highest BCUT2D eigenvalue weighted by Gasteiger charge is 2.39. The number of benzene rings is 2. The summed E-state index contributed by atoms with van der Waals surface area (Å²) < 4.78 is 16.2. The van der Waals surface area contributed by atoms with Crippen molar-refractivity contribution in [2.24, 2.45) is 5.92 Å². The fourth-order valence-corrected chi connectivity index (χ4v) is 6.03. The smallest absolute Gasteiger partial charge is 0.493 e. The van der Waals surface area contributed by atoms with Crippen molar-refractivity contribution in [3.63, 3.8) is 0 Å². The van der Waals surface area contributed by atoms with E-state index in [-0.39, 0.29) is 36.7 Å². The van der Waals surface area contributed by atoms with Crippen LogP contribution in [0.2, 0.25) is 5.02 Å². The maximum Gasteiger partial charge on any atom is 0.506 e. The molecular weight excluding hydrogens is 536 g/mol. The fraction of sp³-hybridized carbons (Fsp3) is 0.500. The molecule has 0 spiro atoms. The van der Waals surface area contributed by atoms with E-state index in [4.69, 9.17) is 30.9 Å². The number of rotatable bonds is 8. The average Bonchev–Trinajstić information content (AvgIpc) is 3.02. The maximum atomic E-state index is 14.2. The topological polar surface area (TPSA) is 106 Å². The summed E-state index contributed by atoms with van der Waals surface area (Å²) in [5.74, 6) is 0.365. The van der Waals surface area contributed by atoms with E-state index >= 15 is 0 Å². The molecule has 2 aliphatic rings. The minimum atomic E-state index is -1.31. The van der Waals surface area contributed by atoms with Gasteiger partial charge in [0.2, 0.25) is 11.8 Å². The Bertz CT molecular complexity index is 1240. The molecule has 2 heterocycles. The lowest BCUT2D eigenvalue weighted by molar-refractivity contribution is -0.142. The molecule has 0 aromatic heterocycles. The second kappa shape index (κ2) is 12.8. The number of nitrogens with zero attached hydrogens (tertiary/aromatic N) is 2. The van der Waals surface area contributed by atoms with E-state index in [1.54, 1.807) is 24.0 Å². The molecule has 2 unspecified atom stereocenters. The summed E-state index contributed by atoms with van der Waals surface area (Å²) in [7, 11) is 3.17. The summed E-state index contributed by atoms with van der Waals surface area (Å²) in [6, 6.07) is 11.3. The Morgan fingerprint density at radius 3 is 2.40 bits per heavy atom. The molecular formula is C30H37ClN2O7. The quantitative estimate of drug-likeness (QED) is 0.436. The van der Waals surface area contributed by atoms with Gasteiger partial charge in [0.1, 0.15) is 6.10 Å². The van der Waals surface area contributed by atoms with Gasteiger partial charge in [0.05, 0.1) is 26.7 Å². The van der Waals surface area contributed by atoms with E-state index in [1.807, 2.05) is 36.4 Å². The number of hydrogen-bond acceptors (Lipinski definition) is 6. The number of likely N-dealkylation sites (tertiary alicyclic amines) is 1. The zero-order valence-corrected chi connectivity index (χ0v) is 24.1. The van der Waals surface area contributed by atoms with Gasteiger partial charge in [-0.25, -0.2) is 4.79 Å². The van der Waals surface area contributed by atoms with Gasteiger partial charge >= 0.3 is 6.16 Å². The Balaban J connectivity index is 1.71. The molecule has 1 saturated heterocycles. The van der Waals surface area contributed by atoms with Crippen LogP contribution in [0.1, 0.15) is 61.6 Å². The van der Waals surface area contributed by atoms with Gasteiger partial charge in [0.25, 0.3) is 0 Å². The van der Waals surface area contributed by atoms with Crippen molar-refractivity contribution >= 4 is 29.6 Å². The van der Waals surface area contributed by atoms with Gasteiger partial charge in [-0.2, -0.15) is 0 Å². The molecule has 0 aliphatic carbocycles. The van der Waals surface area contributed by atoms with Crippen LogP contribution in [0.15, 0.2) is 36.4 Å². The number of amides is 2. The second-order valence-electron chi connectivity index (χ2n) is 10.8. The van der Waals surface area contributed by atoms with Crippen molar-refractivity contribution in [1.82, 2.24) is 9.80 Å². The van der Waals surface area contributed by atoms with Gasteiger partial charge in [-0.3, -0.25) is 9.59 Å². The van der Waals surface area contributed by atoms with Crippen LogP contribution in [-0.2, 0) is 14.3 Å². The van der Waals surface area contributed by atoms with Crippen LogP contribution in [0.4, 0.5) is 4.79 Å². The number of para-hydroxylation sites is 1. The molecule has 2 aromatic carbocycles. The molecule has 2 aliphatic heterocycles. The molecule has 4 rings (SSSR count). The first-order valence-corrected chi connectivity index (χ1v) is 14.0. The Kier molecular flexibility index (Phi) is 9.45. The molecule has 9 nitrogen and oxygen atoms in total. The van der Waals surface area contributed by atoms with Crippen LogP contribution in [0, 0.1) is 5.92 Å². The van der Waals surface area contributed by atoms with Gasteiger partial charge in [-0.1, -0.05) is 43.6 Å². The molecule has 10 heteroatoms. The molecule has 0 radical (unpaired) electrons. The third-order valence-corrected chi connectivity index (χ3v) is 7.95. The minimum absolute atomic E-state index is 0.0810. The number of carbonyl (C=O) groups is 3. The summed E-state index contributed by atoms with van der Waals surface area (Å²) in [6.45, 7) is 5.08. The zero-order valence-electron chi connectivity index (χ0n) is 23.4. The van der Waals surface area contributed by atoms with E-state index in [9.17, 15) is 14.4 Å². The lowest BCUT2D eigenvalue weighted by Crippen LogP contribution is -2.48. The fourth-order valence-electron chi connectivity index (χ4n) is 5.85. The van der Waals surface area contributed by atoms with E-state index in [0.29, 0.717) is 48.9 Å². The van der Waals surface area contributed by atoms with E-state index in [2.05, 4.69) is 13.8 Å². The second-order valence-corrected chi connectivity index (χ2v) is 11.2. The molecule has 2 atom stereocenters. The number of hydrogen-bond donors (Lipinski definition) is 1. The predicted molar refractivity (Wildman–Crippen MR) is 150 cm³/mol. The average molecular weight is 573 g/mol. The number of methoxy groups -OCH3 is 2. The van der Waals surface area contributed by atoms with Gasteiger partial charge in [-0.05, 0) is 41.7 Å². The lowest BCUT2D eigenvalue weighted by atomic mass is 9.82. The molecule has 2 amide bonds. The van der Waals surface area contributed by atoms with Crippen molar-refractivity contribution in [3.05, 3.63) is 58.1 Å². The summed E-state index contributed by atoms with van der Waals surface area (Å²) >= 11 is 6.51. The first-order valence-electron chi connectivity index (χ1n) is 13.6. The predicted octanol–water partition coefficient (Wildman–Crippen LogP) is 5.15. The highest BCUT2D eigenvalue weighted by atomic mass is 35.5. The molecule has 2 aromatic rings. The van der Waals surface area contributed by atoms with Gasteiger partial charge in [0, 0.05) is 49.0 Å². The van der Waals surface area contributed by atoms with Gasteiger partial charge < -0.3 is 29.1 Å². The number of piperidine rings is 1. The number of halogens is 1. The third-order valence-electron chi connectivity index (χ3n) is 7.72. The lowest BCUT2D eigenvalue weighted by Gasteiger charge is -2.34. The Hall–Kier alpha value is -3.46. The summed E-state index contributed by atoms with van der Waals surface area (Å²) in [5.41, 5.74) is 2.67. The van der Waals surface area contributed by atoms with Crippen LogP contribution in [-0.4, -0.2) is 79.4 Å². The van der Waals surface area contributed by atoms with Crippen molar-refractivity contribution in [2.45, 2.75) is 51.0 Å². The largest absolute Gasteiger partial charge is 0.506 e. The zero-order chi connectivity index (χ0) is 29.0. The minimum Gasteiger partial charge on any atom is -0.493 e. The van der Waals surface area contributed by atoms with Crippen molar-refractivity contribution < 1.29 is 33.7 Å². The monoisotopic (exact) mass is 572 g/mol. The van der Waals surface area contributed by atoms with Crippen LogP contribution in [0.5, 0.6) is 11.5 Å². The Morgan fingerprint density at radius 2 is 1.77 bits per heavy atom. The highest BCUT2D eigenvalue weighted by molar-refractivity contribution is 6.30. The summed E-state index contributed by atoms with van der Waals surface area (Å²) in [4.78, 5) is 41.9. The number of fused-ring (bicyclic) bond motifs is 1. The van der Waals surface area contributed by atoms with Crippen LogP contribution < -0.4 is 9.47 Å². The van der Waals surface area contributed by atoms with E-state index in [0.717, 1.165) is 16.7 Å². The van der Waals surface area contributed by atoms with E-state index in [1.165, 1.54) is 0 Å². The number of ether oxygens (including phenoxy) is 3. The molecule has 216 valence electrons. The van der Waals surface area contributed by atoms with Crippen LogP contribution >= 0.6 is 11.6 Å². The standard InChI is InChI=1S/C30H37ClN2O7/c1-18(2)14-24-21-9-8-19(31)15-23(21)25(22-6-5-7-26(38-3)28(22)39-4)16-33(29(24)35)17-27(34)32-12-10-20(11-13-32)40-30(36)37/h5-9,15,18,20,24-25H,10-14,16-17H2,1-4H3,(H,36,37). The number of carbonyl (C=O) groups excluding carboxylic acids is 2. The van der Waals surface area contributed by atoms with Crippen molar-refractivity contribution in [3.8, 4) is 11.5 Å². The van der Waals surface area contributed by atoms with Gasteiger partial charge in [0.15, 0.2) is 11.5 Å². The Morgan fingerprint density at radius 1 is 1.05 bits per heavy atom. The van der Waals surface area contributed by atoms with Gasteiger partial charge in [-0.15, -0.1) is 0 Å². The first kappa shape index (κ1) is 29.5. The SMILES string of the molecule is COc1cccc(C2CN(CC(=O)N3CCC(OC(=O)O)CC3)C(=O)C(CC(C)C)c3ccc(Cl)cc32)c1OC. The van der Waals surface area contributed by atoms with E-state index < -0.39 is 18.2 Å². The van der Waals surface area contributed by atoms with Crippen LogP contribution in [0.3, 0.4) is 0 Å². The number of carboxylic acid groups (broad SMARTS) is 1. The molecule has 0 saturated carbocycles. The van der Waals surface area contributed by atoms with Crippen molar-refractivity contribution in [1.29, 1.82) is 0 Å². The normalized spacial score (nSPS) is 19.7. The van der Waals surface area contributed by atoms with Crippen LogP contribution in [0.25, 0.3) is 0 Å². The summed E-state index contributed by atoms with van der Waals surface area (Å²) in [5, 5.41) is 9.48. The van der Waals surface area contributed by atoms with Crippen molar-refractivity contribution in [2.75, 3.05) is 40.4 Å². The molecule has 0 bridgehead atoms. The Labute approximate surface area is 239 Å². The highest BCUT2D eigenvalue weighted by Crippen LogP contribution is 2.44. The summed E-state index contributed by atoms with van der Waals surface area (Å²) in [6.07, 6.45) is -0.265. The molecule has 40 heavy (non-hydrogen) atoms. The first-order chi connectivity index (χ1) is 19.1. The maximum absolute atomic E-state index is 14.2.